The number of hydrogen-bond donors (Lipinski definition) is 2. The van der Waals surface area contributed by atoms with Gasteiger partial charge >= 0.3 is 0 Å². The van der Waals surface area contributed by atoms with Gasteiger partial charge in [0.05, 0.1) is 17.6 Å². The molecule has 0 aliphatic rings. The fraction of sp³-hybridized carbons (Fsp3) is 0.235. The zero-order valence-electron chi connectivity index (χ0n) is 13.9. The third-order valence-electron chi connectivity index (χ3n) is 3.44. The van der Waals surface area contributed by atoms with Crippen molar-refractivity contribution in [3.8, 4) is 5.75 Å². The molecule has 0 radical (unpaired) electrons. The fourth-order valence-electron chi connectivity index (χ4n) is 2.15. The van der Waals surface area contributed by atoms with E-state index < -0.39 is 21.7 Å². The summed E-state index contributed by atoms with van der Waals surface area (Å²) in [5.74, 6) is -0.535. The fourth-order valence-corrected chi connectivity index (χ4v) is 3.19. The topological polar surface area (TPSA) is 84.5 Å². The highest BCUT2D eigenvalue weighted by molar-refractivity contribution is 7.89. The number of halogens is 1. The summed E-state index contributed by atoms with van der Waals surface area (Å²) in [6.07, 6.45) is 0. The maximum atomic E-state index is 12.9. The molecular formula is C17H19FN2O4S. The molecule has 2 aromatic rings. The molecule has 2 rings (SSSR count). The second-order valence-electron chi connectivity index (χ2n) is 5.17. The van der Waals surface area contributed by atoms with Crippen molar-refractivity contribution in [1.29, 1.82) is 0 Å². The first kappa shape index (κ1) is 18.9. The minimum absolute atomic E-state index is 0.00509. The standard InChI is InChI=1S/C17H19FN2O4S/c1-3-19-17(21)15-10-14(8-9-16(15)24-2)25(22,23)20-11-12-4-6-13(18)7-5-12/h4-10,20H,3,11H2,1-2H3,(H,19,21). The smallest absolute Gasteiger partial charge is 0.255 e. The van der Waals surface area contributed by atoms with Crippen LogP contribution in [-0.4, -0.2) is 28.0 Å². The van der Waals surface area contributed by atoms with Gasteiger partial charge in [0, 0.05) is 13.1 Å². The van der Waals surface area contributed by atoms with E-state index in [1.807, 2.05) is 0 Å². The number of sulfonamides is 1. The highest BCUT2D eigenvalue weighted by Crippen LogP contribution is 2.22. The van der Waals surface area contributed by atoms with E-state index in [0.717, 1.165) is 0 Å². The van der Waals surface area contributed by atoms with Crippen LogP contribution in [0.4, 0.5) is 4.39 Å². The van der Waals surface area contributed by atoms with E-state index in [9.17, 15) is 17.6 Å². The molecule has 0 saturated heterocycles. The molecule has 0 heterocycles. The lowest BCUT2D eigenvalue weighted by Gasteiger charge is -2.12. The van der Waals surface area contributed by atoms with E-state index in [4.69, 9.17) is 4.74 Å². The van der Waals surface area contributed by atoms with Crippen molar-refractivity contribution in [2.45, 2.75) is 18.4 Å². The second-order valence-corrected chi connectivity index (χ2v) is 6.94. The Balaban J connectivity index is 2.24. The van der Waals surface area contributed by atoms with Gasteiger partial charge in [-0.25, -0.2) is 17.5 Å². The molecule has 2 N–H and O–H groups in total. The summed E-state index contributed by atoms with van der Waals surface area (Å²) in [6, 6.07) is 9.54. The molecule has 134 valence electrons. The van der Waals surface area contributed by atoms with Gasteiger partial charge in [-0.1, -0.05) is 12.1 Å². The van der Waals surface area contributed by atoms with Crippen molar-refractivity contribution in [2.24, 2.45) is 0 Å². The van der Waals surface area contributed by atoms with E-state index in [1.54, 1.807) is 6.92 Å². The first-order chi connectivity index (χ1) is 11.9. The molecule has 1 amide bonds. The van der Waals surface area contributed by atoms with Crippen molar-refractivity contribution in [2.75, 3.05) is 13.7 Å². The first-order valence-electron chi connectivity index (χ1n) is 7.57. The zero-order chi connectivity index (χ0) is 18.4. The molecule has 0 fully saturated rings. The Hall–Kier alpha value is -2.45. The molecule has 0 aliphatic heterocycles. The average molecular weight is 366 g/mol. The summed E-state index contributed by atoms with van der Waals surface area (Å²) in [5.41, 5.74) is 0.747. The van der Waals surface area contributed by atoms with Crippen LogP contribution < -0.4 is 14.8 Å². The number of ether oxygens (including phenoxy) is 1. The third-order valence-corrected chi connectivity index (χ3v) is 4.84. The highest BCUT2D eigenvalue weighted by Gasteiger charge is 2.19. The monoisotopic (exact) mass is 366 g/mol. The van der Waals surface area contributed by atoms with Crippen LogP contribution >= 0.6 is 0 Å². The molecule has 6 nitrogen and oxygen atoms in total. The molecule has 8 heteroatoms. The average Bonchev–Trinajstić information content (AvgIpc) is 2.61. The number of amides is 1. The van der Waals surface area contributed by atoms with Crippen LogP contribution in [0.25, 0.3) is 0 Å². The lowest BCUT2D eigenvalue weighted by molar-refractivity contribution is 0.0952. The predicted octanol–water partition coefficient (Wildman–Crippen LogP) is 2.06. The third kappa shape index (κ3) is 4.77. The van der Waals surface area contributed by atoms with E-state index in [2.05, 4.69) is 10.0 Å². The Morgan fingerprint density at radius 2 is 1.84 bits per heavy atom. The molecule has 0 saturated carbocycles. The van der Waals surface area contributed by atoms with Gasteiger partial charge in [0.25, 0.3) is 5.91 Å². The number of benzene rings is 2. The lowest BCUT2D eigenvalue weighted by Crippen LogP contribution is -2.26. The molecule has 0 atom stereocenters. The molecular weight excluding hydrogens is 347 g/mol. The number of hydrogen-bond acceptors (Lipinski definition) is 4. The number of methoxy groups -OCH3 is 1. The Morgan fingerprint density at radius 1 is 1.16 bits per heavy atom. The Bertz CT molecular complexity index is 851. The summed E-state index contributed by atoms with van der Waals surface area (Å²) in [4.78, 5) is 12.0. The Labute approximate surface area is 146 Å². The van der Waals surface area contributed by atoms with Crippen LogP contribution in [0.1, 0.15) is 22.8 Å². The van der Waals surface area contributed by atoms with Crippen molar-refractivity contribution in [3.63, 3.8) is 0 Å². The van der Waals surface area contributed by atoms with Crippen LogP contribution in [0.5, 0.6) is 5.75 Å². The summed E-state index contributed by atoms with van der Waals surface area (Å²) in [5, 5.41) is 2.61. The Morgan fingerprint density at radius 3 is 2.44 bits per heavy atom. The molecule has 0 unspecified atom stereocenters. The zero-order valence-corrected chi connectivity index (χ0v) is 14.7. The second kappa shape index (κ2) is 8.09. The van der Waals surface area contributed by atoms with Gasteiger partial charge in [0.2, 0.25) is 10.0 Å². The molecule has 0 spiro atoms. The van der Waals surface area contributed by atoms with Crippen molar-refractivity contribution in [1.82, 2.24) is 10.0 Å². The van der Waals surface area contributed by atoms with Gasteiger partial charge < -0.3 is 10.1 Å². The normalized spacial score (nSPS) is 11.2. The summed E-state index contributed by atoms with van der Waals surface area (Å²) in [7, 11) is -2.44. The Kier molecular flexibility index (Phi) is 6.11. The minimum atomic E-state index is -3.84. The molecule has 0 bridgehead atoms. The van der Waals surface area contributed by atoms with E-state index >= 15 is 0 Å². The summed E-state index contributed by atoms with van der Waals surface area (Å²) >= 11 is 0. The molecule has 25 heavy (non-hydrogen) atoms. The predicted molar refractivity (Wildman–Crippen MR) is 91.4 cm³/mol. The van der Waals surface area contributed by atoms with Crippen molar-refractivity contribution >= 4 is 15.9 Å². The summed E-state index contributed by atoms with van der Waals surface area (Å²) < 4.78 is 45.3. The van der Waals surface area contributed by atoms with Crippen LogP contribution in [0.3, 0.4) is 0 Å². The minimum Gasteiger partial charge on any atom is -0.496 e. The van der Waals surface area contributed by atoms with Crippen molar-refractivity contribution < 1.29 is 22.3 Å². The van der Waals surface area contributed by atoms with Gasteiger partial charge in [-0.05, 0) is 42.8 Å². The molecule has 0 aliphatic carbocycles. The van der Waals surface area contributed by atoms with Crippen LogP contribution in [-0.2, 0) is 16.6 Å². The van der Waals surface area contributed by atoms with E-state index in [0.29, 0.717) is 12.1 Å². The van der Waals surface area contributed by atoms with Gasteiger partial charge in [-0.15, -0.1) is 0 Å². The number of rotatable bonds is 7. The number of carbonyl (C=O) groups excluding carboxylic acids is 1. The van der Waals surface area contributed by atoms with Gasteiger partial charge in [0.15, 0.2) is 0 Å². The molecule has 2 aromatic carbocycles. The van der Waals surface area contributed by atoms with Gasteiger partial charge in [-0.2, -0.15) is 0 Å². The van der Waals surface area contributed by atoms with Crippen molar-refractivity contribution in [3.05, 3.63) is 59.4 Å². The summed E-state index contributed by atoms with van der Waals surface area (Å²) in [6.45, 7) is 2.17. The van der Waals surface area contributed by atoms with Crippen LogP contribution in [0.2, 0.25) is 0 Å². The largest absolute Gasteiger partial charge is 0.496 e. The van der Waals surface area contributed by atoms with E-state index in [1.165, 1.54) is 49.6 Å². The lowest BCUT2D eigenvalue weighted by atomic mass is 10.2. The SMILES string of the molecule is CCNC(=O)c1cc(S(=O)(=O)NCc2ccc(F)cc2)ccc1OC. The number of nitrogens with one attached hydrogen (secondary N) is 2. The van der Waals surface area contributed by atoms with E-state index in [-0.39, 0.29) is 22.8 Å². The quantitative estimate of drug-likeness (QED) is 0.786. The maximum Gasteiger partial charge on any atom is 0.255 e. The van der Waals surface area contributed by atoms with Crippen LogP contribution in [0, 0.1) is 5.82 Å². The number of carbonyl (C=O) groups is 1. The van der Waals surface area contributed by atoms with Gasteiger partial charge in [0.1, 0.15) is 11.6 Å². The molecule has 0 aromatic heterocycles. The maximum absolute atomic E-state index is 12.9. The first-order valence-corrected chi connectivity index (χ1v) is 9.06. The highest BCUT2D eigenvalue weighted by atomic mass is 32.2. The van der Waals surface area contributed by atoms with Gasteiger partial charge in [-0.3, -0.25) is 4.79 Å². The van der Waals surface area contributed by atoms with Crippen LogP contribution in [0.15, 0.2) is 47.4 Å².